The van der Waals surface area contributed by atoms with Gasteiger partial charge in [-0.2, -0.15) is 4.98 Å². The minimum absolute atomic E-state index is 0.296. The number of benzene rings is 1. The maximum absolute atomic E-state index is 12.7. The molecular formula is C23H33N5O2. The average molecular weight is 412 g/mol. The number of nitrogens with zero attached hydrogens (tertiary/aromatic N) is 5. The SMILES string of the molecule is Cc1ccc(-c2noc(CN3CCN(CC(=O)N4CCCCCCC4)CC3)n2)cc1. The third-order valence-corrected chi connectivity index (χ3v) is 6.17. The molecule has 7 heteroatoms. The molecule has 0 saturated carbocycles. The number of likely N-dealkylation sites (tertiary alicyclic amines) is 1. The Morgan fingerprint density at radius 2 is 1.53 bits per heavy atom. The van der Waals surface area contributed by atoms with Gasteiger partial charge in [0.1, 0.15) is 0 Å². The van der Waals surface area contributed by atoms with Crippen LogP contribution in [0.15, 0.2) is 28.8 Å². The smallest absolute Gasteiger partial charge is 0.241 e. The van der Waals surface area contributed by atoms with Crippen molar-refractivity contribution in [2.75, 3.05) is 45.8 Å². The number of aromatic nitrogens is 2. The molecule has 2 aromatic rings. The Morgan fingerprint density at radius 3 is 2.23 bits per heavy atom. The Kier molecular flexibility index (Phi) is 7.12. The Hall–Kier alpha value is -2.25. The number of amides is 1. The van der Waals surface area contributed by atoms with Crippen LogP contribution in [0.5, 0.6) is 0 Å². The molecule has 2 fully saturated rings. The topological polar surface area (TPSA) is 65.7 Å². The molecule has 1 amide bonds. The molecular weight excluding hydrogens is 378 g/mol. The average Bonchev–Trinajstić information content (AvgIpc) is 3.18. The lowest BCUT2D eigenvalue weighted by Gasteiger charge is -2.35. The van der Waals surface area contributed by atoms with Crippen molar-refractivity contribution in [1.82, 2.24) is 24.8 Å². The second-order valence-electron chi connectivity index (χ2n) is 8.58. The number of carbonyl (C=O) groups is 1. The van der Waals surface area contributed by atoms with E-state index in [1.165, 1.54) is 24.8 Å². The number of piperazine rings is 1. The van der Waals surface area contributed by atoms with Gasteiger partial charge >= 0.3 is 0 Å². The molecule has 7 nitrogen and oxygen atoms in total. The van der Waals surface area contributed by atoms with Gasteiger partial charge in [-0.1, -0.05) is 54.2 Å². The van der Waals surface area contributed by atoms with Crippen molar-refractivity contribution < 1.29 is 9.32 Å². The van der Waals surface area contributed by atoms with E-state index in [0.29, 0.717) is 30.7 Å². The molecule has 0 spiro atoms. The largest absolute Gasteiger partial charge is 0.342 e. The molecule has 162 valence electrons. The highest BCUT2D eigenvalue weighted by Gasteiger charge is 2.23. The van der Waals surface area contributed by atoms with Crippen LogP contribution in [0.25, 0.3) is 11.4 Å². The third-order valence-electron chi connectivity index (χ3n) is 6.17. The van der Waals surface area contributed by atoms with Crippen LogP contribution in [0.3, 0.4) is 0 Å². The lowest BCUT2D eigenvalue weighted by Crippen LogP contribution is -2.50. The molecule has 4 rings (SSSR count). The third kappa shape index (κ3) is 5.67. The zero-order valence-corrected chi connectivity index (χ0v) is 18.1. The Balaban J connectivity index is 1.23. The first kappa shape index (κ1) is 21.0. The maximum Gasteiger partial charge on any atom is 0.241 e. The Labute approximate surface area is 179 Å². The number of carbonyl (C=O) groups excluding carboxylic acids is 1. The maximum atomic E-state index is 12.7. The number of hydrogen-bond acceptors (Lipinski definition) is 6. The summed E-state index contributed by atoms with van der Waals surface area (Å²) in [5.74, 6) is 1.59. The lowest BCUT2D eigenvalue weighted by atomic mass is 10.1. The molecule has 0 atom stereocenters. The van der Waals surface area contributed by atoms with E-state index in [0.717, 1.165) is 57.7 Å². The zero-order chi connectivity index (χ0) is 20.8. The predicted molar refractivity (Wildman–Crippen MR) is 116 cm³/mol. The normalized spacial score (nSPS) is 19.4. The summed E-state index contributed by atoms with van der Waals surface area (Å²) in [7, 11) is 0. The van der Waals surface area contributed by atoms with Gasteiger partial charge in [0.15, 0.2) is 0 Å². The second-order valence-corrected chi connectivity index (χ2v) is 8.58. The Bertz CT molecular complexity index is 803. The van der Waals surface area contributed by atoms with Crippen molar-refractivity contribution >= 4 is 5.91 Å². The van der Waals surface area contributed by atoms with Crippen LogP contribution >= 0.6 is 0 Å². The van der Waals surface area contributed by atoms with E-state index >= 15 is 0 Å². The fraction of sp³-hybridized carbons (Fsp3) is 0.609. The van der Waals surface area contributed by atoms with E-state index < -0.39 is 0 Å². The molecule has 30 heavy (non-hydrogen) atoms. The number of rotatable bonds is 5. The predicted octanol–water partition coefficient (Wildman–Crippen LogP) is 2.96. The fourth-order valence-electron chi connectivity index (χ4n) is 4.22. The highest BCUT2D eigenvalue weighted by molar-refractivity contribution is 5.78. The van der Waals surface area contributed by atoms with Gasteiger partial charge in [0, 0.05) is 44.8 Å². The summed E-state index contributed by atoms with van der Waals surface area (Å²) in [5.41, 5.74) is 2.19. The van der Waals surface area contributed by atoms with Gasteiger partial charge in [0.2, 0.25) is 17.6 Å². The van der Waals surface area contributed by atoms with Crippen LogP contribution < -0.4 is 0 Å². The molecule has 0 N–H and O–H groups in total. The summed E-state index contributed by atoms with van der Waals surface area (Å²) >= 11 is 0. The van der Waals surface area contributed by atoms with Crippen LogP contribution in [0.2, 0.25) is 0 Å². The molecule has 2 saturated heterocycles. The van der Waals surface area contributed by atoms with Crippen LogP contribution in [0.1, 0.15) is 43.6 Å². The van der Waals surface area contributed by atoms with E-state index in [-0.39, 0.29) is 0 Å². The second kappa shape index (κ2) is 10.2. The van der Waals surface area contributed by atoms with Crippen molar-refractivity contribution in [3.8, 4) is 11.4 Å². The molecule has 0 radical (unpaired) electrons. The molecule has 0 bridgehead atoms. The van der Waals surface area contributed by atoms with E-state index in [4.69, 9.17) is 4.52 Å². The molecule has 0 unspecified atom stereocenters. The van der Waals surface area contributed by atoms with E-state index in [1.807, 2.05) is 12.1 Å². The molecule has 1 aromatic carbocycles. The summed E-state index contributed by atoms with van der Waals surface area (Å²) in [5, 5.41) is 4.13. The summed E-state index contributed by atoms with van der Waals surface area (Å²) in [6, 6.07) is 8.15. The fourth-order valence-corrected chi connectivity index (χ4v) is 4.22. The van der Waals surface area contributed by atoms with Crippen molar-refractivity contribution in [1.29, 1.82) is 0 Å². The van der Waals surface area contributed by atoms with Gasteiger partial charge in [0.05, 0.1) is 13.1 Å². The molecule has 1 aromatic heterocycles. The highest BCUT2D eigenvalue weighted by Crippen LogP contribution is 2.17. The van der Waals surface area contributed by atoms with Crippen molar-refractivity contribution in [3.05, 3.63) is 35.7 Å². The van der Waals surface area contributed by atoms with E-state index in [9.17, 15) is 4.79 Å². The standard InChI is InChI=1S/C23H33N5O2/c1-19-7-9-20(10-8-19)23-24-21(30-25-23)17-26-13-15-27(16-14-26)18-22(29)28-11-5-3-2-4-6-12-28/h7-10H,2-6,11-18H2,1H3. The Morgan fingerprint density at radius 1 is 0.900 bits per heavy atom. The summed E-state index contributed by atoms with van der Waals surface area (Å²) in [4.78, 5) is 23.9. The summed E-state index contributed by atoms with van der Waals surface area (Å²) in [6.45, 7) is 8.76. The first-order valence-corrected chi connectivity index (χ1v) is 11.3. The lowest BCUT2D eigenvalue weighted by molar-refractivity contribution is -0.133. The van der Waals surface area contributed by atoms with Gasteiger partial charge in [-0.25, -0.2) is 0 Å². The first-order chi connectivity index (χ1) is 14.7. The molecule has 2 aliphatic rings. The molecule has 2 aliphatic heterocycles. The zero-order valence-electron chi connectivity index (χ0n) is 18.1. The van der Waals surface area contributed by atoms with Crippen LogP contribution in [-0.2, 0) is 11.3 Å². The van der Waals surface area contributed by atoms with Gasteiger partial charge in [0.25, 0.3) is 0 Å². The van der Waals surface area contributed by atoms with Gasteiger partial charge in [-0.15, -0.1) is 0 Å². The minimum atomic E-state index is 0.296. The van der Waals surface area contributed by atoms with Crippen molar-refractivity contribution in [2.45, 2.75) is 45.6 Å². The minimum Gasteiger partial charge on any atom is -0.342 e. The monoisotopic (exact) mass is 411 g/mol. The van der Waals surface area contributed by atoms with E-state index in [1.54, 1.807) is 0 Å². The van der Waals surface area contributed by atoms with Crippen molar-refractivity contribution in [2.24, 2.45) is 0 Å². The number of hydrogen-bond donors (Lipinski definition) is 0. The summed E-state index contributed by atoms with van der Waals surface area (Å²) < 4.78 is 5.47. The highest BCUT2D eigenvalue weighted by atomic mass is 16.5. The van der Waals surface area contributed by atoms with Gasteiger partial charge in [-0.3, -0.25) is 14.6 Å². The van der Waals surface area contributed by atoms with E-state index in [2.05, 4.69) is 43.9 Å². The van der Waals surface area contributed by atoms with Crippen molar-refractivity contribution in [3.63, 3.8) is 0 Å². The van der Waals surface area contributed by atoms with Crippen LogP contribution in [0.4, 0.5) is 0 Å². The van der Waals surface area contributed by atoms with Gasteiger partial charge in [-0.05, 0) is 19.8 Å². The number of aryl methyl sites for hydroxylation is 1. The van der Waals surface area contributed by atoms with Crippen LogP contribution in [-0.4, -0.2) is 76.6 Å². The molecule has 0 aliphatic carbocycles. The molecule has 3 heterocycles. The van der Waals surface area contributed by atoms with Gasteiger partial charge < -0.3 is 9.42 Å². The van der Waals surface area contributed by atoms with Crippen LogP contribution in [0, 0.1) is 6.92 Å². The first-order valence-electron chi connectivity index (χ1n) is 11.3. The summed E-state index contributed by atoms with van der Waals surface area (Å²) in [6.07, 6.45) is 6.12. The quantitative estimate of drug-likeness (QED) is 0.754.